The molecule has 0 aliphatic rings. The first-order valence-corrected chi connectivity index (χ1v) is 8.85. The standard InChI is InChI=1S/C17H20FIN4O/c1-2-23(9-4-3-7-18)10-8-20-17(24)16-12-21-15-11-13(19)5-6-14(15)22-16/h3-6,11-12H,2,7-10H2,1H3,(H,20,24)/b4-3+. The minimum Gasteiger partial charge on any atom is -0.349 e. The predicted molar refractivity (Wildman–Crippen MR) is 102 cm³/mol. The average Bonchev–Trinajstić information content (AvgIpc) is 2.59. The minimum absolute atomic E-state index is 0.238. The highest BCUT2D eigenvalue weighted by Gasteiger charge is 2.09. The summed E-state index contributed by atoms with van der Waals surface area (Å²) in [5.74, 6) is -0.238. The van der Waals surface area contributed by atoms with E-state index in [1.54, 1.807) is 6.08 Å². The van der Waals surface area contributed by atoms with Gasteiger partial charge in [0, 0.05) is 23.2 Å². The summed E-state index contributed by atoms with van der Waals surface area (Å²) in [6, 6.07) is 5.72. The predicted octanol–water partition coefficient (Wildman–Crippen LogP) is 2.81. The van der Waals surface area contributed by atoms with Gasteiger partial charge in [-0.25, -0.2) is 9.37 Å². The van der Waals surface area contributed by atoms with E-state index in [9.17, 15) is 9.18 Å². The lowest BCUT2D eigenvalue weighted by Gasteiger charge is -2.18. The summed E-state index contributed by atoms with van der Waals surface area (Å²) in [5.41, 5.74) is 1.79. The number of benzene rings is 1. The van der Waals surface area contributed by atoms with E-state index in [2.05, 4.69) is 42.8 Å². The lowest BCUT2D eigenvalue weighted by molar-refractivity contribution is 0.0944. The Kier molecular flexibility index (Phi) is 7.51. The number of likely N-dealkylation sites (N-methyl/N-ethyl adjacent to an activating group) is 1. The van der Waals surface area contributed by atoms with Crippen molar-refractivity contribution in [1.29, 1.82) is 0 Å². The molecule has 1 heterocycles. The SMILES string of the molecule is CCN(C/C=C/CF)CCNC(=O)c1cnc2cc(I)ccc2n1. The van der Waals surface area contributed by atoms with Gasteiger partial charge < -0.3 is 5.32 Å². The molecule has 0 radical (unpaired) electrons. The number of nitrogens with one attached hydrogen (secondary N) is 1. The lowest BCUT2D eigenvalue weighted by Crippen LogP contribution is -2.35. The molecule has 1 aromatic heterocycles. The first kappa shape index (κ1) is 18.7. The van der Waals surface area contributed by atoms with E-state index in [0.29, 0.717) is 30.8 Å². The maximum Gasteiger partial charge on any atom is 0.271 e. The van der Waals surface area contributed by atoms with Gasteiger partial charge in [0.25, 0.3) is 5.91 Å². The third-order valence-corrected chi connectivity index (χ3v) is 4.19. The summed E-state index contributed by atoms with van der Waals surface area (Å²) in [6.07, 6.45) is 4.78. The lowest BCUT2D eigenvalue weighted by atomic mass is 10.3. The molecular formula is C17H20FIN4O. The monoisotopic (exact) mass is 442 g/mol. The zero-order valence-electron chi connectivity index (χ0n) is 13.5. The third-order valence-electron chi connectivity index (χ3n) is 3.52. The van der Waals surface area contributed by atoms with Gasteiger partial charge in [-0.05, 0) is 47.3 Å². The van der Waals surface area contributed by atoms with E-state index in [-0.39, 0.29) is 5.91 Å². The Bertz CT molecular complexity index is 723. The highest BCUT2D eigenvalue weighted by Crippen LogP contribution is 2.13. The average molecular weight is 442 g/mol. The van der Waals surface area contributed by atoms with Crippen LogP contribution in [0.3, 0.4) is 0 Å². The van der Waals surface area contributed by atoms with Crippen molar-refractivity contribution < 1.29 is 9.18 Å². The van der Waals surface area contributed by atoms with Gasteiger partial charge in [-0.1, -0.05) is 19.1 Å². The first-order valence-electron chi connectivity index (χ1n) is 7.78. The number of fused-ring (bicyclic) bond motifs is 1. The van der Waals surface area contributed by atoms with Crippen LogP contribution in [0.4, 0.5) is 4.39 Å². The van der Waals surface area contributed by atoms with Crippen LogP contribution in [-0.2, 0) is 0 Å². The van der Waals surface area contributed by atoms with Gasteiger partial charge in [-0.2, -0.15) is 0 Å². The number of allylic oxidation sites excluding steroid dienone is 1. The molecule has 5 nitrogen and oxygen atoms in total. The molecule has 7 heteroatoms. The van der Waals surface area contributed by atoms with Crippen molar-refractivity contribution in [1.82, 2.24) is 20.2 Å². The van der Waals surface area contributed by atoms with Gasteiger partial charge >= 0.3 is 0 Å². The smallest absolute Gasteiger partial charge is 0.271 e. The van der Waals surface area contributed by atoms with Gasteiger partial charge in [0.05, 0.1) is 17.2 Å². The largest absolute Gasteiger partial charge is 0.349 e. The Morgan fingerprint density at radius 2 is 2.21 bits per heavy atom. The van der Waals surface area contributed by atoms with Crippen molar-refractivity contribution in [2.24, 2.45) is 0 Å². The second-order valence-corrected chi connectivity index (χ2v) is 6.41. The van der Waals surface area contributed by atoms with Crippen molar-refractivity contribution in [3.05, 3.63) is 45.8 Å². The number of amides is 1. The van der Waals surface area contributed by atoms with E-state index in [1.165, 1.54) is 12.3 Å². The van der Waals surface area contributed by atoms with Crippen LogP contribution >= 0.6 is 22.6 Å². The van der Waals surface area contributed by atoms with Crippen LogP contribution in [0.5, 0.6) is 0 Å². The van der Waals surface area contributed by atoms with E-state index in [1.807, 2.05) is 25.1 Å². The highest BCUT2D eigenvalue weighted by atomic mass is 127. The second kappa shape index (κ2) is 9.63. The summed E-state index contributed by atoms with van der Waals surface area (Å²) < 4.78 is 13.1. The van der Waals surface area contributed by atoms with Crippen molar-refractivity contribution in [3.8, 4) is 0 Å². The van der Waals surface area contributed by atoms with E-state index in [4.69, 9.17) is 0 Å². The third kappa shape index (κ3) is 5.48. The van der Waals surface area contributed by atoms with E-state index < -0.39 is 6.67 Å². The van der Waals surface area contributed by atoms with Gasteiger partial charge in [-0.3, -0.25) is 14.7 Å². The highest BCUT2D eigenvalue weighted by molar-refractivity contribution is 14.1. The Balaban J connectivity index is 1.90. The number of alkyl halides is 1. The van der Waals surface area contributed by atoms with E-state index >= 15 is 0 Å². The second-order valence-electron chi connectivity index (χ2n) is 5.16. The van der Waals surface area contributed by atoms with E-state index in [0.717, 1.165) is 15.6 Å². The summed E-state index contributed by atoms with van der Waals surface area (Å²) in [4.78, 5) is 22.9. The van der Waals surface area contributed by atoms with Gasteiger partial charge in [0.15, 0.2) is 0 Å². The van der Waals surface area contributed by atoms with Gasteiger partial charge in [-0.15, -0.1) is 0 Å². The molecule has 0 atom stereocenters. The van der Waals surface area contributed by atoms with Crippen LogP contribution in [0.2, 0.25) is 0 Å². The zero-order chi connectivity index (χ0) is 17.4. The van der Waals surface area contributed by atoms with Crippen molar-refractivity contribution in [3.63, 3.8) is 0 Å². The number of rotatable bonds is 8. The molecule has 0 fully saturated rings. The molecule has 0 unspecified atom stereocenters. The Labute approximate surface area is 154 Å². The van der Waals surface area contributed by atoms with Crippen LogP contribution in [0, 0.1) is 3.57 Å². The normalized spacial score (nSPS) is 11.5. The summed E-state index contributed by atoms with van der Waals surface area (Å²) in [5, 5.41) is 2.85. The Morgan fingerprint density at radius 3 is 2.96 bits per heavy atom. The number of halogens is 2. The molecule has 0 aliphatic carbocycles. The Morgan fingerprint density at radius 1 is 1.38 bits per heavy atom. The molecule has 0 aliphatic heterocycles. The van der Waals surface area contributed by atoms with Crippen molar-refractivity contribution >= 4 is 39.5 Å². The number of aromatic nitrogens is 2. The van der Waals surface area contributed by atoms with Gasteiger partial charge in [0.2, 0.25) is 0 Å². The number of carbonyl (C=O) groups is 1. The minimum atomic E-state index is -0.450. The topological polar surface area (TPSA) is 58.1 Å². The molecule has 0 bridgehead atoms. The number of hydrogen-bond acceptors (Lipinski definition) is 4. The van der Waals surface area contributed by atoms with Crippen LogP contribution in [0.15, 0.2) is 36.5 Å². The quantitative estimate of drug-likeness (QED) is 0.505. The summed E-state index contributed by atoms with van der Waals surface area (Å²) >= 11 is 2.21. The number of hydrogen-bond donors (Lipinski definition) is 1. The fourth-order valence-electron chi connectivity index (χ4n) is 2.18. The van der Waals surface area contributed by atoms with Crippen LogP contribution in [0.1, 0.15) is 17.4 Å². The molecule has 0 saturated heterocycles. The Hall–Kier alpha value is -1.61. The molecule has 24 heavy (non-hydrogen) atoms. The van der Waals surface area contributed by atoms with Crippen LogP contribution in [0.25, 0.3) is 11.0 Å². The zero-order valence-corrected chi connectivity index (χ0v) is 15.7. The molecule has 1 N–H and O–H groups in total. The molecular weight excluding hydrogens is 422 g/mol. The molecule has 1 aromatic carbocycles. The van der Waals surface area contributed by atoms with Crippen molar-refractivity contribution in [2.45, 2.75) is 6.92 Å². The fraction of sp³-hybridized carbons (Fsp3) is 0.353. The van der Waals surface area contributed by atoms with Crippen LogP contribution < -0.4 is 5.32 Å². The molecule has 0 spiro atoms. The first-order chi connectivity index (χ1) is 11.6. The molecule has 0 saturated carbocycles. The molecule has 128 valence electrons. The molecule has 2 aromatic rings. The maximum atomic E-state index is 12.2. The van der Waals surface area contributed by atoms with Crippen LogP contribution in [-0.4, -0.2) is 53.6 Å². The number of carbonyl (C=O) groups excluding carboxylic acids is 1. The van der Waals surface area contributed by atoms with Crippen molar-refractivity contribution in [2.75, 3.05) is 32.9 Å². The summed E-state index contributed by atoms with van der Waals surface area (Å²) in [6.45, 7) is 4.28. The summed E-state index contributed by atoms with van der Waals surface area (Å²) in [7, 11) is 0. The molecule has 1 amide bonds. The van der Waals surface area contributed by atoms with Gasteiger partial charge in [0.1, 0.15) is 12.4 Å². The number of nitrogens with zero attached hydrogens (tertiary/aromatic N) is 3. The maximum absolute atomic E-state index is 12.2. The fourth-order valence-corrected chi connectivity index (χ4v) is 2.65. The molecule has 2 rings (SSSR count).